The average molecular weight is 402 g/mol. The molecule has 0 radical (unpaired) electrons. The Morgan fingerprint density at radius 2 is 1.69 bits per heavy atom. The number of aromatic nitrogens is 2. The topological polar surface area (TPSA) is 46.9 Å². The number of nitrogens with zero attached hydrogens (tertiary/aromatic N) is 2. The zero-order chi connectivity index (χ0) is 20.1. The molecular formula is C24H20ClN3O. The first-order valence-corrected chi connectivity index (χ1v) is 9.76. The number of carbonyl (C=O) groups is 1. The van der Waals surface area contributed by atoms with E-state index in [1.54, 1.807) is 24.4 Å². The average Bonchev–Trinajstić information content (AvgIpc) is 3.26. The van der Waals surface area contributed by atoms with Crippen LogP contribution in [0.5, 0.6) is 0 Å². The molecule has 4 nitrogen and oxygen atoms in total. The second-order valence-electron chi connectivity index (χ2n) is 6.72. The predicted octanol–water partition coefficient (Wildman–Crippen LogP) is 5.18. The Bertz CT molecular complexity index is 1110. The van der Waals surface area contributed by atoms with Gasteiger partial charge < -0.3 is 5.32 Å². The quantitative estimate of drug-likeness (QED) is 0.483. The molecule has 5 heteroatoms. The Balaban J connectivity index is 1.49. The van der Waals surface area contributed by atoms with E-state index >= 15 is 0 Å². The molecule has 3 aromatic carbocycles. The van der Waals surface area contributed by atoms with Gasteiger partial charge in [-0.3, -0.25) is 9.48 Å². The van der Waals surface area contributed by atoms with Gasteiger partial charge in [0.2, 0.25) is 0 Å². The van der Waals surface area contributed by atoms with E-state index in [2.05, 4.69) is 40.7 Å². The van der Waals surface area contributed by atoms with E-state index in [9.17, 15) is 4.79 Å². The molecule has 1 N–H and O–H groups in total. The maximum absolute atomic E-state index is 12.5. The molecule has 0 saturated heterocycles. The smallest absolute Gasteiger partial charge is 0.253 e. The van der Waals surface area contributed by atoms with Gasteiger partial charge in [0.25, 0.3) is 5.91 Å². The van der Waals surface area contributed by atoms with Gasteiger partial charge in [-0.1, -0.05) is 72.3 Å². The van der Waals surface area contributed by atoms with Crippen LogP contribution >= 0.6 is 11.6 Å². The van der Waals surface area contributed by atoms with Crippen molar-refractivity contribution in [2.45, 2.75) is 13.1 Å². The predicted molar refractivity (Wildman–Crippen MR) is 116 cm³/mol. The van der Waals surface area contributed by atoms with Crippen molar-refractivity contribution in [1.82, 2.24) is 15.1 Å². The summed E-state index contributed by atoms with van der Waals surface area (Å²) in [5, 5.41) is 7.67. The number of benzene rings is 3. The molecule has 0 spiro atoms. The van der Waals surface area contributed by atoms with Crippen LogP contribution in [0.4, 0.5) is 0 Å². The van der Waals surface area contributed by atoms with Crippen LogP contribution < -0.4 is 5.32 Å². The Hall–Kier alpha value is -3.37. The van der Waals surface area contributed by atoms with Gasteiger partial charge in [0.15, 0.2) is 0 Å². The third kappa shape index (κ3) is 4.55. The zero-order valence-corrected chi connectivity index (χ0v) is 16.5. The van der Waals surface area contributed by atoms with Crippen LogP contribution in [0.25, 0.3) is 11.1 Å². The molecule has 0 fully saturated rings. The molecule has 1 amide bonds. The second-order valence-corrected chi connectivity index (χ2v) is 7.13. The summed E-state index contributed by atoms with van der Waals surface area (Å²) in [6.07, 6.45) is 3.73. The molecule has 0 saturated carbocycles. The SMILES string of the molecule is O=C(NCc1ccccc1-c1ccc(Cn2cccn2)cc1)c1ccccc1Cl. The summed E-state index contributed by atoms with van der Waals surface area (Å²) in [6.45, 7) is 1.16. The summed E-state index contributed by atoms with van der Waals surface area (Å²) in [7, 11) is 0. The van der Waals surface area contributed by atoms with Gasteiger partial charge in [0, 0.05) is 18.9 Å². The van der Waals surface area contributed by atoms with Crippen LogP contribution in [0.3, 0.4) is 0 Å². The fraction of sp³-hybridized carbons (Fsp3) is 0.0833. The zero-order valence-electron chi connectivity index (χ0n) is 15.8. The molecule has 0 aliphatic carbocycles. The number of amides is 1. The van der Waals surface area contributed by atoms with Gasteiger partial charge in [0.1, 0.15) is 0 Å². The van der Waals surface area contributed by atoms with E-state index in [1.807, 2.05) is 41.2 Å². The first-order chi connectivity index (χ1) is 14.2. The number of halogens is 1. The summed E-state index contributed by atoms with van der Waals surface area (Å²) >= 11 is 6.13. The van der Waals surface area contributed by atoms with Crippen LogP contribution in [0.1, 0.15) is 21.5 Å². The molecular weight excluding hydrogens is 382 g/mol. The highest BCUT2D eigenvalue weighted by atomic mass is 35.5. The Morgan fingerprint density at radius 3 is 2.45 bits per heavy atom. The van der Waals surface area contributed by atoms with E-state index in [4.69, 9.17) is 11.6 Å². The van der Waals surface area contributed by atoms with Crippen LogP contribution in [0.15, 0.2) is 91.3 Å². The van der Waals surface area contributed by atoms with Crippen molar-refractivity contribution in [3.05, 3.63) is 113 Å². The van der Waals surface area contributed by atoms with Gasteiger partial charge in [-0.05, 0) is 40.5 Å². The third-order valence-electron chi connectivity index (χ3n) is 4.74. The number of carbonyl (C=O) groups excluding carboxylic acids is 1. The lowest BCUT2D eigenvalue weighted by Gasteiger charge is -2.12. The molecule has 0 bridgehead atoms. The summed E-state index contributed by atoms with van der Waals surface area (Å²) in [6, 6.07) is 25.5. The van der Waals surface area contributed by atoms with Crippen molar-refractivity contribution in [2.24, 2.45) is 0 Å². The van der Waals surface area contributed by atoms with Crippen molar-refractivity contribution in [2.75, 3.05) is 0 Å². The summed E-state index contributed by atoms with van der Waals surface area (Å²) in [4.78, 5) is 12.5. The maximum atomic E-state index is 12.5. The molecule has 1 heterocycles. The fourth-order valence-corrected chi connectivity index (χ4v) is 3.46. The molecule has 0 aliphatic heterocycles. The van der Waals surface area contributed by atoms with Crippen LogP contribution in [0, 0.1) is 0 Å². The summed E-state index contributed by atoms with van der Waals surface area (Å²) in [5.74, 6) is -0.181. The van der Waals surface area contributed by atoms with Crippen molar-refractivity contribution in [3.63, 3.8) is 0 Å². The lowest BCUT2D eigenvalue weighted by molar-refractivity contribution is 0.0951. The minimum atomic E-state index is -0.181. The lowest BCUT2D eigenvalue weighted by Crippen LogP contribution is -2.23. The molecule has 144 valence electrons. The molecule has 0 aliphatic rings. The Labute approximate surface area is 174 Å². The van der Waals surface area contributed by atoms with Crippen molar-refractivity contribution in [1.29, 1.82) is 0 Å². The van der Waals surface area contributed by atoms with E-state index in [1.165, 1.54) is 5.56 Å². The highest BCUT2D eigenvalue weighted by Crippen LogP contribution is 2.24. The third-order valence-corrected chi connectivity index (χ3v) is 5.07. The highest BCUT2D eigenvalue weighted by molar-refractivity contribution is 6.33. The summed E-state index contributed by atoms with van der Waals surface area (Å²) in [5.41, 5.74) is 4.92. The normalized spacial score (nSPS) is 10.7. The van der Waals surface area contributed by atoms with Gasteiger partial charge in [-0.25, -0.2) is 0 Å². The molecule has 0 atom stereocenters. The van der Waals surface area contributed by atoms with Crippen LogP contribution in [-0.2, 0) is 13.1 Å². The number of hydrogen-bond acceptors (Lipinski definition) is 2. The first-order valence-electron chi connectivity index (χ1n) is 9.38. The van der Waals surface area contributed by atoms with Gasteiger partial charge >= 0.3 is 0 Å². The fourth-order valence-electron chi connectivity index (χ4n) is 3.24. The molecule has 4 rings (SSSR count). The molecule has 0 unspecified atom stereocenters. The Morgan fingerprint density at radius 1 is 0.931 bits per heavy atom. The standard InChI is InChI=1S/C24H20ClN3O/c25-23-9-4-3-8-22(23)24(29)26-16-20-6-1-2-7-21(20)19-12-10-18(11-13-19)17-28-15-5-14-27-28/h1-15H,16-17H2,(H,26,29). The monoisotopic (exact) mass is 401 g/mol. The first kappa shape index (κ1) is 19.0. The minimum Gasteiger partial charge on any atom is -0.348 e. The van der Waals surface area contributed by atoms with Crippen LogP contribution in [-0.4, -0.2) is 15.7 Å². The Kier molecular flexibility index (Phi) is 5.73. The van der Waals surface area contributed by atoms with E-state index in [-0.39, 0.29) is 5.91 Å². The second kappa shape index (κ2) is 8.76. The molecule has 4 aromatic rings. The number of rotatable bonds is 6. The minimum absolute atomic E-state index is 0.181. The highest BCUT2D eigenvalue weighted by Gasteiger charge is 2.11. The van der Waals surface area contributed by atoms with Crippen molar-refractivity contribution >= 4 is 17.5 Å². The lowest BCUT2D eigenvalue weighted by atomic mass is 9.98. The van der Waals surface area contributed by atoms with Gasteiger partial charge in [0.05, 0.1) is 17.1 Å². The van der Waals surface area contributed by atoms with Crippen LogP contribution in [0.2, 0.25) is 5.02 Å². The van der Waals surface area contributed by atoms with E-state index in [0.29, 0.717) is 17.1 Å². The van der Waals surface area contributed by atoms with E-state index in [0.717, 1.165) is 23.2 Å². The van der Waals surface area contributed by atoms with E-state index < -0.39 is 0 Å². The number of nitrogens with one attached hydrogen (secondary N) is 1. The van der Waals surface area contributed by atoms with Crippen molar-refractivity contribution < 1.29 is 4.79 Å². The molecule has 1 aromatic heterocycles. The van der Waals surface area contributed by atoms with Crippen molar-refractivity contribution in [3.8, 4) is 11.1 Å². The van der Waals surface area contributed by atoms with Gasteiger partial charge in [-0.2, -0.15) is 5.10 Å². The number of hydrogen-bond donors (Lipinski definition) is 1. The molecule has 29 heavy (non-hydrogen) atoms. The maximum Gasteiger partial charge on any atom is 0.253 e. The van der Waals surface area contributed by atoms with Gasteiger partial charge in [-0.15, -0.1) is 0 Å². The largest absolute Gasteiger partial charge is 0.348 e. The summed E-state index contributed by atoms with van der Waals surface area (Å²) < 4.78 is 1.90.